The number of anilines is 3. The highest BCUT2D eigenvalue weighted by atomic mass is 15.1. The van der Waals surface area contributed by atoms with Gasteiger partial charge in [-0.3, -0.25) is 0 Å². The van der Waals surface area contributed by atoms with Gasteiger partial charge < -0.3 is 4.90 Å². The van der Waals surface area contributed by atoms with Crippen molar-refractivity contribution in [1.29, 1.82) is 0 Å². The van der Waals surface area contributed by atoms with Gasteiger partial charge in [-0.1, -0.05) is 177 Å². The van der Waals surface area contributed by atoms with Crippen molar-refractivity contribution < 1.29 is 5.48 Å². The van der Waals surface area contributed by atoms with Gasteiger partial charge in [-0.25, -0.2) is 0 Å². The standard InChI is InChI=1S/C61H47N/c1-3-17-48(4-2)61(49-22-6-5-7-23-49)59-29-15-14-28-56(59)57-37-36-52(41-60(57)61)62(50-34-32-43(33-35-50)45-31-30-42-18-8-9-19-44(42)38-45)51-24-16-21-46(39-51)58-40-47-20-10-11-25-53(47)54-26-12-13-27-55(54)58/h3-10,13-24,27-41H,1-2,11-12,25-26H2/b48-17+/i32D,33D,34D,35D. The second-order valence-electron chi connectivity index (χ2n) is 16.4. The van der Waals surface area contributed by atoms with Gasteiger partial charge in [0.2, 0.25) is 0 Å². The zero-order valence-corrected chi connectivity index (χ0v) is 34.6. The summed E-state index contributed by atoms with van der Waals surface area (Å²) in [6, 6.07) is 49.5. The zero-order chi connectivity index (χ0) is 45.1. The van der Waals surface area contributed by atoms with Crippen molar-refractivity contribution in [2.24, 2.45) is 0 Å². The molecular weight excluding hydrogens is 747 g/mol. The van der Waals surface area contributed by atoms with Crippen LogP contribution in [0.15, 0.2) is 219 Å². The maximum atomic E-state index is 9.90. The third-order valence-corrected chi connectivity index (χ3v) is 13.1. The van der Waals surface area contributed by atoms with Gasteiger partial charge in [0, 0.05) is 17.1 Å². The lowest BCUT2D eigenvalue weighted by Crippen LogP contribution is -2.29. The number of hydrogen-bond acceptors (Lipinski definition) is 1. The molecule has 0 fully saturated rings. The fourth-order valence-electron chi connectivity index (χ4n) is 10.3. The number of fused-ring (bicyclic) bond motifs is 7. The van der Waals surface area contributed by atoms with Crippen molar-refractivity contribution in [2.75, 3.05) is 4.90 Å². The molecule has 62 heavy (non-hydrogen) atoms. The third kappa shape index (κ3) is 6.07. The molecule has 8 aromatic carbocycles. The van der Waals surface area contributed by atoms with E-state index in [0.29, 0.717) is 11.3 Å². The smallest absolute Gasteiger partial charge is 0.0714 e. The van der Waals surface area contributed by atoms with E-state index in [1.54, 1.807) is 0 Å². The number of benzene rings is 8. The summed E-state index contributed by atoms with van der Waals surface area (Å²) >= 11 is 0. The molecule has 3 aliphatic rings. The third-order valence-electron chi connectivity index (χ3n) is 13.1. The molecule has 11 rings (SSSR count). The monoisotopic (exact) mass is 797 g/mol. The average molecular weight is 798 g/mol. The van der Waals surface area contributed by atoms with Gasteiger partial charge in [0.1, 0.15) is 0 Å². The van der Waals surface area contributed by atoms with E-state index in [2.05, 4.69) is 122 Å². The largest absolute Gasteiger partial charge is 0.310 e. The van der Waals surface area contributed by atoms with Crippen molar-refractivity contribution in [2.45, 2.75) is 31.1 Å². The van der Waals surface area contributed by atoms with Crippen LogP contribution in [0.1, 0.15) is 57.3 Å². The van der Waals surface area contributed by atoms with E-state index in [0.717, 1.165) is 86.7 Å². The molecule has 0 bridgehead atoms. The summed E-state index contributed by atoms with van der Waals surface area (Å²) in [6.07, 6.45) is 19.0. The van der Waals surface area contributed by atoms with Gasteiger partial charge in [-0.2, -0.15) is 0 Å². The normalized spacial score (nSPS) is 16.9. The highest BCUT2D eigenvalue weighted by molar-refractivity contribution is 5.92. The fourth-order valence-corrected chi connectivity index (χ4v) is 10.3. The molecule has 3 aliphatic carbocycles. The van der Waals surface area contributed by atoms with Crippen LogP contribution >= 0.6 is 0 Å². The summed E-state index contributed by atoms with van der Waals surface area (Å²) < 4.78 is 39.1. The molecule has 0 saturated carbocycles. The minimum absolute atomic E-state index is 0.0989. The first kappa shape index (κ1) is 33.3. The molecule has 1 nitrogen and oxygen atoms in total. The summed E-state index contributed by atoms with van der Waals surface area (Å²) in [5.74, 6) is 0. The lowest BCUT2D eigenvalue weighted by Gasteiger charge is -2.35. The van der Waals surface area contributed by atoms with Crippen LogP contribution in [0.5, 0.6) is 0 Å². The van der Waals surface area contributed by atoms with E-state index < -0.39 is 5.41 Å². The first-order valence-corrected chi connectivity index (χ1v) is 21.6. The second-order valence-corrected chi connectivity index (χ2v) is 16.4. The van der Waals surface area contributed by atoms with Crippen molar-refractivity contribution in [3.05, 3.63) is 258 Å². The molecule has 1 unspecified atom stereocenters. The maximum absolute atomic E-state index is 9.90. The molecule has 0 spiro atoms. The predicted octanol–water partition coefficient (Wildman–Crippen LogP) is 16.2. The number of rotatable bonds is 9. The molecule has 0 amide bonds. The van der Waals surface area contributed by atoms with Crippen LogP contribution in [-0.4, -0.2) is 0 Å². The van der Waals surface area contributed by atoms with Gasteiger partial charge in [-0.05, 0) is 163 Å². The zero-order valence-electron chi connectivity index (χ0n) is 38.6. The summed E-state index contributed by atoms with van der Waals surface area (Å²) in [4.78, 5) is 1.94. The summed E-state index contributed by atoms with van der Waals surface area (Å²) in [7, 11) is 0. The van der Waals surface area contributed by atoms with Crippen molar-refractivity contribution in [1.82, 2.24) is 0 Å². The molecule has 0 N–H and O–H groups in total. The highest BCUT2D eigenvalue weighted by Crippen LogP contribution is 2.58. The molecule has 0 aromatic heterocycles. The van der Waals surface area contributed by atoms with Gasteiger partial charge in [-0.15, -0.1) is 0 Å². The predicted molar refractivity (Wildman–Crippen MR) is 264 cm³/mol. The van der Waals surface area contributed by atoms with E-state index in [4.69, 9.17) is 0 Å². The van der Waals surface area contributed by atoms with E-state index >= 15 is 0 Å². The Balaban J connectivity index is 1.19. The molecule has 0 saturated heterocycles. The first-order valence-electron chi connectivity index (χ1n) is 23.6. The van der Waals surface area contributed by atoms with Crippen LogP contribution in [0.4, 0.5) is 17.1 Å². The van der Waals surface area contributed by atoms with Gasteiger partial charge >= 0.3 is 0 Å². The molecule has 8 aromatic rings. The molecule has 0 heterocycles. The van der Waals surface area contributed by atoms with Gasteiger partial charge in [0.05, 0.1) is 10.9 Å². The summed E-state index contributed by atoms with van der Waals surface area (Å²) in [5.41, 5.74) is 15.6. The van der Waals surface area contributed by atoms with Crippen molar-refractivity contribution >= 4 is 40.0 Å². The van der Waals surface area contributed by atoms with Crippen molar-refractivity contribution in [3.63, 3.8) is 0 Å². The Bertz CT molecular complexity index is 3380. The molecular formula is C61H47N. The second kappa shape index (κ2) is 15.5. The van der Waals surface area contributed by atoms with Crippen LogP contribution in [0.25, 0.3) is 56.3 Å². The Morgan fingerprint density at radius 3 is 2.13 bits per heavy atom. The topological polar surface area (TPSA) is 3.24 Å². The Hall–Kier alpha value is -7.48. The minimum Gasteiger partial charge on any atom is -0.310 e. The first-order chi connectivity index (χ1) is 32.3. The average Bonchev–Trinajstić information content (AvgIpc) is 3.66. The van der Waals surface area contributed by atoms with Crippen LogP contribution in [0.3, 0.4) is 0 Å². The lowest BCUT2D eigenvalue weighted by atomic mass is 9.67. The van der Waals surface area contributed by atoms with Crippen LogP contribution in [0, 0.1) is 0 Å². The quantitative estimate of drug-likeness (QED) is 0.132. The Labute approximate surface area is 371 Å². The van der Waals surface area contributed by atoms with Gasteiger partial charge in [0.25, 0.3) is 0 Å². The number of allylic oxidation sites excluding steroid dienone is 6. The van der Waals surface area contributed by atoms with Crippen molar-refractivity contribution in [3.8, 4) is 33.4 Å². The molecule has 0 radical (unpaired) electrons. The lowest BCUT2D eigenvalue weighted by molar-refractivity contribution is 0.767. The number of hydrogen-bond donors (Lipinski definition) is 0. The summed E-state index contributed by atoms with van der Waals surface area (Å²) in [5, 5.41) is 2.01. The Morgan fingerprint density at radius 2 is 1.29 bits per heavy atom. The molecule has 1 atom stereocenters. The highest BCUT2D eigenvalue weighted by Gasteiger charge is 2.46. The Morgan fingerprint density at radius 1 is 0.548 bits per heavy atom. The molecule has 296 valence electrons. The minimum atomic E-state index is -0.788. The SMILES string of the molecule is [2H]c1c([2H])c(N(c2cccc(-c3cc4c(c5c3C=CCC5)CCC=C4)c2)c2ccc3c(c2)C(/C(C=C)=C/C=C)(c2ccccc2)c2ccccc2-3)c([2H])c([2H])c1-c1ccc2ccccc2c1. The van der Waals surface area contributed by atoms with E-state index in [9.17, 15) is 5.48 Å². The van der Waals surface area contributed by atoms with Crippen LogP contribution in [-0.2, 0) is 18.3 Å². The van der Waals surface area contributed by atoms with E-state index in [1.165, 1.54) is 22.3 Å². The van der Waals surface area contributed by atoms with E-state index in [-0.39, 0.29) is 35.4 Å². The summed E-state index contributed by atoms with van der Waals surface area (Å²) in [6.45, 7) is 8.48. The van der Waals surface area contributed by atoms with E-state index in [1.807, 2.05) is 83.8 Å². The molecule has 0 aliphatic heterocycles. The van der Waals surface area contributed by atoms with Gasteiger partial charge in [0.15, 0.2) is 0 Å². The number of nitrogens with zero attached hydrogens (tertiary/aromatic N) is 1. The fraction of sp³-hybridized carbons (Fsp3) is 0.0820. The van der Waals surface area contributed by atoms with Crippen LogP contribution in [0.2, 0.25) is 0 Å². The molecule has 1 heteroatoms. The Kier molecular flexibility index (Phi) is 8.33. The maximum Gasteiger partial charge on any atom is 0.0714 e. The van der Waals surface area contributed by atoms with Crippen LogP contribution < -0.4 is 4.90 Å².